The summed E-state index contributed by atoms with van der Waals surface area (Å²) in [6, 6.07) is 9.58. The van der Waals surface area contributed by atoms with Crippen molar-refractivity contribution in [1.29, 1.82) is 5.26 Å². The Balaban J connectivity index is 1.72. The minimum Gasteiger partial charge on any atom is -0.495 e. The smallest absolute Gasteiger partial charge is 0.227 e. The lowest BCUT2D eigenvalue weighted by Crippen LogP contribution is -2.51. The lowest BCUT2D eigenvalue weighted by atomic mass is 9.82. The molecule has 132 valence electrons. The van der Waals surface area contributed by atoms with Gasteiger partial charge in [0.25, 0.3) is 0 Å². The number of benzene rings is 1. The summed E-state index contributed by atoms with van der Waals surface area (Å²) >= 11 is 0. The molecule has 0 spiro atoms. The largest absolute Gasteiger partial charge is 0.495 e. The van der Waals surface area contributed by atoms with E-state index in [2.05, 4.69) is 11.4 Å². The monoisotopic (exact) mass is 341 g/mol. The highest BCUT2D eigenvalue weighted by atomic mass is 16.5. The number of nitrogens with one attached hydrogen (secondary N) is 1. The van der Waals surface area contributed by atoms with Crippen molar-refractivity contribution in [3.8, 4) is 11.8 Å². The van der Waals surface area contributed by atoms with E-state index in [1.807, 2.05) is 18.2 Å². The van der Waals surface area contributed by atoms with Crippen LogP contribution in [0.1, 0.15) is 38.5 Å². The molecule has 1 aliphatic carbocycles. The highest BCUT2D eigenvalue weighted by molar-refractivity contribution is 6.01. The molecule has 1 aromatic rings. The van der Waals surface area contributed by atoms with Crippen LogP contribution in [-0.4, -0.2) is 31.0 Å². The molecule has 0 bridgehead atoms. The van der Waals surface area contributed by atoms with Crippen molar-refractivity contribution in [1.82, 2.24) is 5.32 Å². The predicted molar refractivity (Wildman–Crippen MR) is 93.0 cm³/mol. The van der Waals surface area contributed by atoms with Crippen LogP contribution in [0.4, 0.5) is 5.69 Å². The Morgan fingerprint density at radius 3 is 2.72 bits per heavy atom. The molecule has 1 aliphatic heterocycles. The number of amides is 2. The highest BCUT2D eigenvalue weighted by Crippen LogP contribution is 2.34. The third-order valence-electron chi connectivity index (χ3n) is 5.16. The summed E-state index contributed by atoms with van der Waals surface area (Å²) in [6.45, 7) is 0.312. The third-order valence-corrected chi connectivity index (χ3v) is 5.16. The van der Waals surface area contributed by atoms with Crippen LogP contribution in [0, 0.1) is 17.2 Å². The van der Waals surface area contributed by atoms with E-state index in [0.29, 0.717) is 30.8 Å². The molecular weight excluding hydrogens is 318 g/mol. The molecular formula is C19H23N3O3. The molecule has 2 fully saturated rings. The van der Waals surface area contributed by atoms with E-state index in [4.69, 9.17) is 4.74 Å². The van der Waals surface area contributed by atoms with Crippen LogP contribution in [0.15, 0.2) is 24.3 Å². The first kappa shape index (κ1) is 17.3. The Bertz CT molecular complexity index is 704. The first-order valence-electron chi connectivity index (χ1n) is 8.75. The van der Waals surface area contributed by atoms with Crippen molar-refractivity contribution >= 4 is 17.5 Å². The minimum absolute atomic E-state index is 0.0979. The van der Waals surface area contributed by atoms with E-state index >= 15 is 0 Å². The molecule has 1 saturated carbocycles. The van der Waals surface area contributed by atoms with Gasteiger partial charge >= 0.3 is 0 Å². The second-order valence-electron chi connectivity index (χ2n) is 6.82. The summed E-state index contributed by atoms with van der Waals surface area (Å²) in [4.78, 5) is 26.7. The SMILES string of the molecule is COc1ccccc1N1CC(C(=O)NC2(C#N)CCCCC2)CC1=O. The third kappa shape index (κ3) is 3.46. The number of hydrogen-bond acceptors (Lipinski definition) is 4. The van der Waals surface area contributed by atoms with Crippen molar-refractivity contribution in [3.05, 3.63) is 24.3 Å². The van der Waals surface area contributed by atoms with E-state index in [0.717, 1.165) is 19.3 Å². The van der Waals surface area contributed by atoms with Gasteiger partial charge in [-0.3, -0.25) is 9.59 Å². The summed E-state index contributed by atoms with van der Waals surface area (Å²) in [6.07, 6.45) is 4.53. The molecule has 6 heteroatoms. The molecule has 0 radical (unpaired) electrons. The molecule has 2 amide bonds. The molecule has 6 nitrogen and oxygen atoms in total. The van der Waals surface area contributed by atoms with Crippen LogP contribution in [0.5, 0.6) is 5.75 Å². The first-order valence-corrected chi connectivity index (χ1v) is 8.75. The van der Waals surface area contributed by atoms with Crippen molar-refractivity contribution in [3.63, 3.8) is 0 Å². The van der Waals surface area contributed by atoms with E-state index in [1.165, 1.54) is 0 Å². The van der Waals surface area contributed by atoms with E-state index < -0.39 is 11.5 Å². The van der Waals surface area contributed by atoms with Gasteiger partial charge in [-0.1, -0.05) is 31.4 Å². The molecule has 2 aliphatic rings. The van der Waals surface area contributed by atoms with Gasteiger partial charge in [-0.25, -0.2) is 0 Å². The number of methoxy groups -OCH3 is 1. The Morgan fingerprint density at radius 2 is 2.04 bits per heavy atom. The zero-order valence-corrected chi connectivity index (χ0v) is 14.5. The summed E-state index contributed by atoms with van der Waals surface area (Å²) in [7, 11) is 1.56. The molecule has 1 aromatic carbocycles. The number of ether oxygens (including phenoxy) is 1. The van der Waals surface area contributed by atoms with Gasteiger partial charge in [0.2, 0.25) is 11.8 Å². The van der Waals surface area contributed by atoms with Crippen molar-refractivity contribution in [2.45, 2.75) is 44.1 Å². The molecule has 0 aromatic heterocycles. The first-order chi connectivity index (χ1) is 12.1. The number of anilines is 1. The molecule has 1 atom stereocenters. The molecule has 1 N–H and O–H groups in total. The molecule has 3 rings (SSSR count). The Hall–Kier alpha value is -2.55. The quantitative estimate of drug-likeness (QED) is 0.911. The maximum atomic E-state index is 12.7. The van der Waals surface area contributed by atoms with Crippen molar-refractivity contribution in [2.75, 3.05) is 18.6 Å². The number of hydrogen-bond donors (Lipinski definition) is 1. The Morgan fingerprint density at radius 1 is 1.32 bits per heavy atom. The van der Waals surface area contributed by atoms with Crippen molar-refractivity contribution < 1.29 is 14.3 Å². The average Bonchev–Trinajstić information content (AvgIpc) is 3.04. The van der Waals surface area contributed by atoms with Gasteiger partial charge in [0.05, 0.1) is 24.8 Å². The average molecular weight is 341 g/mol. The van der Waals surface area contributed by atoms with Crippen LogP contribution in [0.3, 0.4) is 0 Å². The molecule has 25 heavy (non-hydrogen) atoms. The highest BCUT2D eigenvalue weighted by Gasteiger charge is 2.40. The topological polar surface area (TPSA) is 82.4 Å². The molecule has 1 saturated heterocycles. The van der Waals surface area contributed by atoms with Crippen LogP contribution in [0.2, 0.25) is 0 Å². The second kappa shape index (κ2) is 7.14. The van der Waals surface area contributed by atoms with E-state index in [-0.39, 0.29) is 18.2 Å². The second-order valence-corrected chi connectivity index (χ2v) is 6.82. The van der Waals surface area contributed by atoms with Crippen LogP contribution >= 0.6 is 0 Å². The van der Waals surface area contributed by atoms with Gasteiger partial charge in [0.1, 0.15) is 11.3 Å². The van der Waals surface area contributed by atoms with Gasteiger partial charge < -0.3 is 15.0 Å². The summed E-state index contributed by atoms with van der Waals surface area (Å²) < 4.78 is 5.32. The Labute approximate surface area is 147 Å². The van der Waals surface area contributed by atoms with Crippen LogP contribution in [-0.2, 0) is 9.59 Å². The number of rotatable bonds is 4. The standard InChI is InChI=1S/C19H23N3O3/c1-25-16-8-4-3-7-15(16)22-12-14(11-17(22)23)18(24)21-19(13-20)9-5-2-6-10-19/h3-4,7-8,14H,2,5-6,9-12H2,1H3,(H,21,24). The van der Waals surface area contributed by atoms with E-state index in [9.17, 15) is 14.9 Å². The zero-order chi connectivity index (χ0) is 17.9. The fourth-order valence-corrected chi connectivity index (χ4v) is 3.73. The molecule has 1 heterocycles. The fraction of sp³-hybridized carbons (Fsp3) is 0.526. The number of nitrogens with zero attached hydrogens (tertiary/aromatic N) is 2. The summed E-state index contributed by atoms with van der Waals surface area (Å²) in [5.41, 5.74) is -0.0890. The summed E-state index contributed by atoms with van der Waals surface area (Å²) in [5.74, 6) is -0.129. The number of carbonyl (C=O) groups is 2. The molecule has 1 unspecified atom stereocenters. The van der Waals surface area contributed by atoms with E-state index in [1.54, 1.807) is 18.1 Å². The minimum atomic E-state index is -0.768. The van der Waals surface area contributed by atoms with Gasteiger partial charge in [-0.2, -0.15) is 5.26 Å². The maximum Gasteiger partial charge on any atom is 0.227 e. The van der Waals surface area contributed by atoms with Gasteiger partial charge in [-0.15, -0.1) is 0 Å². The Kier molecular flexibility index (Phi) is 4.93. The lowest BCUT2D eigenvalue weighted by molar-refractivity contribution is -0.127. The van der Waals surface area contributed by atoms with Gasteiger partial charge in [-0.05, 0) is 25.0 Å². The predicted octanol–water partition coefficient (Wildman–Crippen LogP) is 2.39. The fourth-order valence-electron chi connectivity index (χ4n) is 3.73. The summed E-state index contributed by atoms with van der Waals surface area (Å²) in [5, 5.41) is 12.5. The van der Waals surface area contributed by atoms with Gasteiger partial charge in [0.15, 0.2) is 0 Å². The lowest BCUT2D eigenvalue weighted by Gasteiger charge is -2.32. The van der Waals surface area contributed by atoms with Gasteiger partial charge in [0, 0.05) is 13.0 Å². The van der Waals surface area contributed by atoms with Crippen LogP contribution < -0.4 is 15.0 Å². The van der Waals surface area contributed by atoms with Crippen LogP contribution in [0.25, 0.3) is 0 Å². The zero-order valence-electron chi connectivity index (χ0n) is 14.5. The number of carbonyl (C=O) groups excluding carboxylic acids is 2. The normalized spacial score (nSPS) is 22.3. The number of para-hydroxylation sites is 2. The maximum absolute atomic E-state index is 12.7. The van der Waals surface area contributed by atoms with Crippen molar-refractivity contribution in [2.24, 2.45) is 5.92 Å². The number of nitriles is 1.